The topological polar surface area (TPSA) is 69.6 Å². The first-order valence-electron chi connectivity index (χ1n) is 5.79. The molecule has 1 aliphatic heterocycles. The lowest BCUT2D eigenvalue weighted by Gasteiger charge is -2.26. The average molecular weight is 252 g/mol. The van der Waals surface area contributed by atoms with E-state index in [-0.39, 0.29) is 0 Å². The Bertz CT molecular complexity index is 241. The number of rotatable bonds is 4. The van der Waals surface area contributed by atoms with Crippen molar-refractivity contribution < 1.29 is 13.0 Å². The van der Waals surface area contributed by atoms with Crippen LogP contribution in [-0.4, -0.2) is 56.9 Å². The summed E-state index contributed by atoms with van der Waals surface area (Å²) in [6.07, 6.45) is 4.83. The van der Waals surface area contributed by atoms with Crippen LogP contribution in [0.4, 0.5) is 0 Å². The third-order valence-corrected chi connectivity index (χ3v) is 2.29. The van der Waals surface area contributed by atoms with Crippen LogP contribution in [0.1, 0.15) is 26.2 Å². The van der Waals surface area contributed by atoms with Crippen molar-refractivity contribution in [2.45, 2.75) is 26.2 Å². The summed E-state index contributed by atoms with van der Waals surface area (Å²) in [5.41, 5.74) is 0. The molecule has 0 aromatic heterocycles. The highest BCUT2D eigenvalue weighted by molar-refractivity contribution is 7.85. The van der Waals surface area contributed by atoms with E-state index in [9.17, 15) is 8.42 Å². The normalized spacial score (nSPS) is 17.7. The van der Waals surface area contributed by atoms with Gasteiger partial charge in [-0.3, -0.25) is 4.55 Å². The molecule has 1 saturated heterocycles. The smallest absolute Gasteiger partial charge is 0.261 e. The molecule has 0 saturated carbocycles. The third-order valence-electron chi connectivity index (χ3n) is 2.29. The van der Waals surface area contributed by atoms with E-state index in [0.29, 0.717) is 6.26 Å². The van der Waals surface area contributed by atoms with Gasteiger partial charge < -0.3 is 10.2 Å². The van der Waals surface area contributed by atoms with Crippen LogP contribution in [0.5, 0.6) is 0 Å². The summed E-state index contributed by atoms with van der Waals surface area (Å²) < 4.78 is 25.9. The molecule has 5 nitrogen and oxygen atoms in total. The minimum Gasteiger partial charge on any atom is -0.314 e. The summed E-state index contributed by atoms with van der Waals surface area (Å²) in [4.78, 5) is 2.56. The highest BCUT2D eigenvalue weighted by Crippen LogP contribution is 1.98. The molecule has 1 aliphatic rings. The van der Waals surface area contributed by atoms with Crippen molar-refractivity contribution in [3.8, 4) is 0 Å². The summed E-state index contributed by atoms with van der Waals surface area (Å²) in [7, 11) is -3.67. The van der Waals surface area contributed by atoms with Gasteiger partial charge in [-0.25, -0.2) is 0 Å². The molecular weight excluding hydrogens is 228 g/mol. The van der Waals surface area contributed by atoms with Crippen molar-refractivity contribution >= 4 is 10.1 Å². The second-order valence-corrected chi connectivity index (χ2v) is 5.50. The molecule has 0 aliphatic carbocycles. The zero-order chi connectivity index (χ0) is 12.4. The molecule has 2 N–H and O–H groups in total. The molecule has 0 amide bonds. The first-order valence-corrected chi connectivity index (χ1v) is 7.64. The third kappa shape index (κ3) is 13.8. The second kappa shape index (κ2) is 8.92. The van der Waals surface area contributed by atoms with Crippen LogP contribution in [0, 0.1) is 0 Å². The van der Waals surface area contributed by atoms with Crippen molar-refractivity contribution in [3.05, 3.63) is 0 Å². The maximum atomic E-state index is 9.19. The van der Waals surface area contributed by atoms with Crippen molar-refractivity contribution in [2.75, 3.05) is 39.0 Å². The lowest BCUT2D eigenvalue weighted by molar-refractivity contribution is 0.236. The molecule has 1 heterocycles. The van der Waals surface area contributed by atoms with Crippen molar-refractivity contribution in [3.63, 3.8) is 0 Å². The number of nitrogens with one attached hydrogen (secondary N) is 1. The molecule has 0 atom stereocenters. The number of nitrogens with zero attached hydrogens (tertiary/aromatic N) is 1. The van der Waals surface area contributed by atoms with E-state index in [1.165, 1.54) is 52.0 Å². The van der Waals surface area contributed by atoms with E-state index in [2.05, 4.69) is 17.1 Å². The Labute approximate surface area is 99.0 Å². The fourth-order valence-corrected chi connectivity index (χ4v) is 1.52. The van der Waals surface area contributed by atoms with Gasteiger partial charge in [0.2, 0.25) is 0 Å². The maximum absolute atomic E-state index is 9.19. The molecule has 6 heteroatoms. The Hall–Kier alpha value is -0.170. The molecule has 0 aromatic rings. The van der Waals surface area contributed by atoms with Crippen molar-refractivity contribution in [2.24, 2.45) is 0 Å². The molecule has 0 bridgehead atoms. The molecule has 0 unspecified atom stereocenters. The molecular formula is C10H24N2O3S. The van der Waals surface area contributed by atoms with Gasteiger partial charge in [-0.2, -0.15) is 8.42 Å². The van der Waals surface area contributed by atoms with Gasteiger partial charge in [-0.1, -0.05) is 19.8 Å². The van der Waals surface area contributed by atoms with E-state index >= 15 is 0 Å². The van der Waals surface area contributed by atoms with E-state index in [1.807, 2.05) is 0 Å². The zero-order valence-corrected chi connectivity index (χ0v) is 11.1. The molecule has 16 heavy (non-hydrogen) atoms. The van der Waals surface area contributed by atoms with Gasteiger partial charge in [0.15, 0.2) is 0 Å². The number of hydrogen-bond donors (Lipinski definition) is 2. The predicted molar refractivity (Wildman–Crippen MR) is 66.3 cm³/mol. The summed E-state index contributed by atoms with van der Waals surface area (Å²) >= 11 is 0. The Morgan fingerprint density at radius 2 is 1.75 bits per heavy atom. The SMILES string of the molecule is CCCCCN1CCNCC1.CS(=O)(=O)O. The van der Waals surface area contributed by atoms with Crippen LogP contribution < -0.4 is 5.32 Å². The van der Waals surface area contributed by atoms with Crippen molar-refractivity contribution in [1.29, 1.82) is 0 Å². The van der Waals surface area contributed by atoms with Gasteiger partial charge >= 0.3 is 0 Å². The summed E-state index contributed by atoms with van der Waals surface area (Å²) in [5.74, 6) is 0. The quantitative estimate of drug-likeness (QED) is 0.566. The molecule has 0 spiro atoms. The van der Waals surface area contributed by atoms with E-state index in [1.54, 1.807) is 0 Å². The van der Waals surface area contributed by atoms with Crippen molar-refractivity contribution in [1.82, 2.24) is 10.2 Å². The molecule has 0 aromatic carbocycles. The van der Waals surface area contributed by atoms with Crippen LogP contribution in [0.15, 0.2) is 0 Å². The van der Waals surface area contributed by atoms with E-state index < -0.39 is 10.1 Å². The maximum Gasteiger partial charge on any atom is 0.261 e. The molecule has 1 rings (SSSR count). The molecule has 98 valence electrons. The second-order valence-electron chi connectivity index (χ2n) is 4.03. The first kappa shape index (κ1) is 15.8. The molecule has 1 fully saturated rings. The van der Waals surface area contributed by atoms with Crippen LogP contribution in [0.3, 0.4) is 0 Å². The minimum absolute atomic E-state index is 0.715. The Kier molecular flexibility index (Phi) is 8.83. The lowest BCUT2D eigenvalue weighted by Crippen LogP contribution is -2.43. The number of piperazine rings is 1. The monoisotopic (exact) mass is 252 g/mol. The standard InChI is InChI=1S/C9H20N2.CH4O3S/c1-2-3-4-7-11-8-5-10-6-9-11;1-5(2,3)4/h10H,2-9H2,1H3;1H3,(H,2,3,4). The van der Waals surface area contributed by atoms with Gasteiger partial charge in [-0.15, -0.1) is 0 Å². The number of unbranched alkanes of at least 4 members (excludes halogenated alkanes) is 2. The van der Waals surface area contributed by atoms with Gasteiger partial charge in [0.25, 0.3) is 10.1 Å². The highest BCUT2D eigenvalue weighted by atomic mass is 32.2. The van der Waals surface area contributed by atoms with Crippen LogP contribution in [-0.2, 0) is 10.1 Å². The summed E-state index contributed by atoms with van der Waals surface area (Å²) in [6.45, 7) is 8.46. The zero-order valence-electron chi connectivity index (χ0n) is 10.3. The Morgan fingerprint density at radius 3 is 2.19 bits per heavy atom. The van der Waals surface area contributed by atoms with Gasteiger partial charge in [0.1, 0.15) is 0 Å². The largest absolute Gasteiger partial charge is 0.314 e. The minimum atomic E-state index is -3.67. The fourth-order valence-electron chi connectivity index (χ4n) is 1.52. The average Bonchev–Trinajstić information content (AvgIpc) is 2.17. The van der Waals surface area contributed by atoms with Crippen LogP contribution >= 0.6 is 0 Å². The summed E-state index contributed by atoms with van der Waals surface area (Å²) in [5, 5.41) is 3.36. The van der Waals surface area contributed by atoms with E-state index in [0.717, 1.165) is 0 Å². The first-order chi connectivity index (χ1) is 7.43. The number of hydrogen-bond acceptors (Lipinski definition) is 4. The van der Waals surface area contributed by atoms with Gasteiger partial charge in [-0.05, 0) is 13.0 Å². The molecule has 0 radical (unpaired) electrons. The lowest BCUT2D eigenvalue weighted by atomic mass is 10.2. The van der Waals surface area contributed by atoms with Crippen LogP contribution in [0.2, 0.25) is 0 Å². The van der Waals surface area contributed by atoms with Gasteiger partial charge in [0.05, 0.1) is 6.26 Å². The van der Waals surface area contributed by atoms with Gasteiger partial charge in [0, 0.05) is 26.2 Å². The Morgan fingerprint density at radius 1 is 1.25 bits per heavy atom. The van der Waals surface area contributed by atoms with E-state index in [4.69, 9.17) is 4.55 Å². The fraction of sp³-hybridized carbons (Fsp3) is 1.00. The highest BCUT2D eigenvalue weighted by Gasteiger charge is 2.07. The summed E-state index contributed by atoms with van der Waals surface area (Å²) in [6, 6.07) is 0. The Balaban J connectivity index is 0.000000385. The predicted octanol–water partition coefficient (Wildman–Crippen LogP) is 0.586. The van der Waals surface area contributed by atoms with Crippen LogP contribution in [0.25, 0.3) is 0 Å².